The van der Waals surface area contributed by atoms with Gasteiger partial charge in [-0.2, -0.15) is 5.26 Å². The van der Waals surface area contributed by atoms with Crippen molar-refractivity contribution in [2.75, 3.05) is 18.4 Å². The summed E-state index contributed by atoms with van der Waals surface area (Å²) in [7, 11) is 0. The van der Waals surface area contributed by atoms with E-state index >= 15 is 0 Å². The highest BCUT2D eigenvalue weighted by molar-refractivity contribution is 6.06. The number of nitriles is 1. The molecule has 0 atom stereocenters. The fourth-order valence-electron chi connectivity index (χ4n) is 2.35. The first-order chi connectivity index (χ1) is 10.1. The average Bonchev–Trinajstić information content (AvgIpc) is 2.48. The molecule has 1 aromatic rings. The topological polar surface area (TPSA) is 76.4 Å². The number of anilines is 1. The molecule has 1 amide bonds. The van der Waals surface area contributed by atoms with Crippen LogP contribution in [0.1, 0.15) is 24.8 Å². The molecule has 2 rings (SSSR count). The Kier molecular flexibility index (Phi) is 4.83. The molecular weight excluding hydrogens is 266 g/mol. The number of phenols is 1. The number of nitrogens with one attached hydrogen (secondary N) is 1. The monoisotopic (exact) mass is 285 g/mol. The maximum absolute atomic E-state index is 12.2. The third kappa shape index (κ3) is 3.99. The lowest BCUT2D eigenvalue weighted by molar-refractivity contribution is -0.112. The van der Waals surface area contributed by atoms with Gasteiger partial charge in [-0.1, -0.05) is 0 Å². The van der Waals surface area contributed by atoms with Gasteiger partial charge in [-0.3, -0.25) is 4.79 Å². The number of phenolic OH excluding ortho intramolecular Hbond substituents is 1. The van der Waals surface area contributed by atoms with Crippen molar-refractivity contribution in [3.05, 3.63) is 35.5 Å². The van der Waals surface area contributed by atoms with Crippen LogP contribution in [0.5, 0.6) is 5.75 Å². The molecule has 1 aromatic carbocycles. The highest BCUT2D eigenvalue weighted by Crippen LogP contribution is 2.20. The molecule has 1 heterocycles. The molecule has 0 aromatic heterocycles. The second-order valence-electron chi connectivity index (χ2n) is 5.20. The van der Waals surface area contributed by atoms with Crippen molar-refractivity contribution in [3.8, 4) is 11.8 Å². The van der Waals surface area contributed by atoms with Crippen LogP contribution in [0.4, 0.5) is 5.69 Å². The van der Waals surface area contributed by atoms with E-state index in [2.05, 4.69) is 5.32 Å². The number of aromatic hydroxyl groups is 1. The van der Waals surface area contributed by atoms with Gasteiger partial charge in [0, 0.05) is 25.0 Å². The summed E-state index contributed by atoms with van der Waals surface area (Å²) < 4.78 is 0. The van der Waals surface area contributed by atoms with E-state index in [0.717, 1.165) is 31.5 Å². The van der Waals surface area contributed by atoms with Gasteiger partial charge < -0.3 is 15.3 Å². The van der Waals surface area contributed by atoms with E-state index in [1.807, 2.05) is 11.0 Å². The molecule has 1 aliphatic rings. The zero-order chi connectivity index (χ0) is 15.2. The Morgan fingerprint density at radius 1 is 1.38 bits per heavy atom. The minimum Gasteiger partial charge on any atom is -0.508 e. The zero-order valence-corrected chi connectivity index (χ0v) is 12.1. The Balaban J connectivity index is 2.09. The number of carbonyl (C=O) groups is 1. The van der Waals surface area contributed by atoms with Crippen molar-refractivity contribution in [3.63, 3.8) is 0 Å². The summed E-state index contributed by atoms with van der Waals surface area (Å²) in [5.74, 6) is -0.272. The van der Waals surface area contributed by atoms with Crippen molar-refractivity contribution in [1.29, 1.82) is 5.26 Å². The number of rotatable bonds is 3. The zero-order valence-electron chi connectivity index (χ0n) is 12.1. The third-order valence-corrected chi connectivity index (χ3v) is 3.53. The fraction of sp³-hybridized carbons (Fsp3) is 0.375. The largest absolute Gasteiger partial charge is 0.508 e. The number of carbonyl (C=O) groups excluding carboxylic acids is 1. The number of hydrogen-bond acceptors (Lipinski definition) is 4. The van der Waals surface area contributed by atoms with E-state index in [-0.39, 0.29) is 11.3 Å². The second-order valence-corrected chi connectivity index (χ2v) is 5.20. The molecule has 0 spiro atoms. The van der Waals surface area contributed by atoms with Gasteiger partial charge in [0.15, 0.2) is 0 Å². The first kappa shape index (κ1) is 14.9. The maximum atomic E-state index is 12.2. The smallest absolute Gasteiger partial charge is 0.267 e. The highest BCUT2D eigenvalue weighted by atomic mass is 16.3. The van der Waals surface area contributed by atoms with Gasteiger partial charge in [0.25, 0.3) is 5.91 Å². The summed E-state index contributed by atoms with van der Waals surface area (Å²) in [4.78, 5) is 14.2. The van der Waals surface area contributed by atoms with Gasteiger partial charge in [-0.15, -0.1) is 0 Å². The third-order valence-electron chi connectivity index (χ3n) is 3.53. The molecule has 5 heteroatoms. The Hall–Kier alpha value is -2.48. The molecule has 5 nitrogen and oxygen atoms in total. The van der Waals surface area contributed by atoms with Gasteiger partial charge in [0.1, 0.15) is 17.4 Å². The second kappa shape index (κ2) is 6.80. The molecule has 0 aliphatic carbocycles. The van der Waals surface area contributed by atoms with Gasteiger partial charge >= 0.3 is 0 Å². The molecule has 2 N–H and O–H groups in total. The van der Waals surface area contributed by atoms with E-state index < -0.39 is 5.91 Å². The summed E-state index contributed by atoms with van der Waals surface area (Å²) >= 11 is 0. The lowest BCUT2D eigenvalue weighted by Crippen LogP contribution is -2.26. The van der Waals surface area contributed by atoms with E-state index in [0.29, 0.717) is 5.69 Å². The number of amides is 1. The van der Waals surface area contributed by atoms with Crippen LogP contribution >= 0.6 is 0 Å². The van der Waals surface area contributed by atoms with Crippen LogP contribution in [0.2, 0.25) is 0 Å². The standard InChI is InChI=1S/C16H19N3O2/c1-12-9-14(20)5-6-15(12)18-16(21)13(10-17)11-19-7-3-2-4-8-19/h5-6,9,11,20H,2-4,7-8H2,1H3,(H,18,21)/b13-11-. The van der Waals surface area contributed by atoms with Crippen molar-refractivity contribution < 1.29 is 9.90 Å². The molecule has 0 saturated carbocycles. The first-order valence-corrected chi connectivity index (χ1v) is 7.07. The molecule has 1 saturated heterocycles. The average molecular weight is 285 g/mol. The van der Waals surface area contributed by atoms with Gasteiger partial charge in [-0.25, -0.2) is 0 Å². The molecule has 0 unspecified atom stereocenters. The Morgan fingerprint density at radius 2 is 2.10 bits per heavy atom. The summed E-state index contributed by atoms with van der Waals surface area (Å²) in [5, 5.41) is 21.2. The maximum Gasteiger partial charge on any atom is 0.267 e. The van der Waals surface area contributed by atoms with Crippen molar-refractivity contribution in [1.82, 2.24) is 4.90 Å². The molecule has 1 aliphatic heterocycles. The van der Waals surface area contributed by atoms with E-state index in [1.54, 1.807) is 25.3 Å². The number of benzene rings is 1. The SMILES string of the molecule is Cc1cc(O)ccc1NC(=O)/C(C#N)=C\N1CCCCC1. The number of likely N-dealkylation sites (tertiary alicyclic amines) is 1. The Labute approximate surface area is 124 Å². The predicted octanol–water partition coefficient (Wildman–Crippen LogP) is 2.53. The van der Waals surface area contributed by atoms with Gasteiger partial charge in [-0.05, 0) is 49.9 Å². The molecular formula is C16H19N3O2. The van der Waals surface area contributed by atoms with Crippen LogP contribution in [0.3, 0.4) is 0 Å². The number of aryl methyl sites for hydroxylation is 1. The molecule has 21 heavy (non-hydrogen) atoms. The van der Waals surface area contributed by atoms with E-state index in [1.165, 1.54) is 12.5 Å². The van der Waals surface area contributed by atoms with Crippen LogP contribution in [-0.2, 0) is 4.79 Å². The Morgan fingerprint density at radius 3 is 2.71 bits per heavy atom. The van der Waals surface area contributed by atoms with Crippen LogP contribution in [0, 0.1) is 18.3 Å². The van der Waals surface area contributed by atoms with Crippen LogP contribution in [-0.4, -0.2) is 29.0 Å². The summed E-state index contributed by atoms with van der Waals surface area (Å²) in [6.07, 6.45) is 5.02. The summed E-state index contributed by atoms with van der Waals surface area (Å²) in [6.45, 7) is 3.56. The summed E-state index contributed by atoms with van der Waals surface area (Å²) in [6, 6.07) is 6.65. The van der Waals surface area contributed by atoms with E-state index in [9.17, 15) is 15.2 Å². The normalized spacial score (nSPS) is 15.4. The number of hydrogen-bond donors (Lipinski definition) is 2. The van der Waals surface area contributed by atoms with Gasteiger partial charge in [0.05, 0.1) is 0 Å². The van der Waals surface area contributed by atoms with E-state index in [4.69, 9.17) is 0 Å². The summed E-state index contributed by atoms with van der Waals surface area (Å²) in [5.41, 5.74) is 1.44. The molecule has 0 bridgehead atoms. The highest BCUT2D eigenvalue weighted by Gasteiger charge is 2.14. The number of piperidine rings is 1. The van der Waals surface area contributed by atoms with Crippen molar-refractivity contribution in [2.24, 2.45) is 0 Å². The molecule has 1 fully saturated rings. The number of nitrogens with zero attached hydrogens (tertiary/aromatic N) is 2. The first-order valence-electron chi connectivity index (χ1n) is 7.07. The lowest BCUT2D eigenvalue weighted by Gasteiger charge is -2.25. The quantitative estimate of drug-likeness (QED) is 0.508. The Bertz CT molecular complexity index is 596. The van der Waals surface area contributed by atoms with Crippen molar-refractivity contribution >= 4 is 11.6 Å². The molecule has 110 valence electrons. The van der Waals surface area contributed by atoms with Crippen LogP contribution in [0.15, 0.2) is 30.0 Å². The predicted molar refractivity (Wildman–Crippen MR) is 80.6 cm³/mol. The lowest BCUT2D eigenvalue weighted by atomic mass is 10.1. The van der Waals surface area contributed by atoms with Crippen LogP contribution in [0.25, 0.3) is 0 Å². The van der Waals surface area contributed by atoms with Gasteiger partial charge in [0.2, 0.25) is 0 Å². The molecule has 0 radical (unpaired) electrons. The van der Waals surface area contributed by atoms with Crippen molar-refractivity contribution in [2.45, 2.75) is 26.2 Å². The minimum atomic E-state index is -0.420. The van der Waals surface area contributed by atoms with Crippen LogP contribution < -0.4 is 5.32 Å². The fourth-order valence-corrected chi connectivity index (χ4v) is 2.35. The minimum absolute atomic E-state index is 0.101.